The molecule has 0 aliphatic heterocycles. The summed E-state index contributed by atoms with van der Waals surface area (Å²) >= 11 is 1.32. The minimum absolute atomic E-state index is 0. The minimum atomic E-state index is -4.33. The quantitative estimate of drug-likeness (QED) is 0.728. The number of hydrogen-bond donors (Lipinski definition) is 2. The number of thiazole rings is 1. The Balaban J connectivity index is 0.00000243. The Morgan fingerprint density at radius 3 is 2.54 bits per heavy atom. The van der Waals surface area contributed by atoms with Gasteiger partial charge in [-0.05, 0) is 43.0 Å². The lowest BCUT2D eigenvalue weighted by Gasteiger charge is -2.06. The molecular weight excluding hydrogens is 387 g/mol. The maximum absolute atomic E-state index is 12.6. The van der Waals surface area contributed by atoms with Gasteiger partial charge in [0.05, 0.1) is 12.1 Å². The molecule has 1 aromatic carbocycles. The molecule has 3 rings (SSSR count). The SMILES string of the molecule is Cl.O=C(CNCC1CC1)Nc1ncc(Cc2ccc(C(F)(F)F)cc2)s1. The first kappa shape index (κ1) is 20.7. The molecule has 2 N–H and O–H groups in total. The van der Waals surface area contributed by atoms with Crippen LogP contribution in [0.25, 0.3) is 0 Å². The van der Waals surface area contributed by atoms with Gasteiger partial charge < -0.3 is 10.6 Å². The van der Waals surface area contributed by atoms with Gasteiger partial charge in [0.2, 0.25) is 5.91 Å². The van der Waals surface area contributed by atoms with E-state index in [0.717, 1.165) is 29.1 Å². The standard InChI is InChI=1S/C17H18F3N3OS.ClH/c18-17(19,20)13-5-3-11(4-6-13)7-14-9-22-16(25-14)23-15(24)10-21-8-12-1-2-12;/h3-6,9,12,21H,1-2,7-8,10H2,(H,22,23,24);1H. The molecule has 4 nitrogen and oxygen atoms in total. The second-order valence-corrected chi connectivity index (χ2v) is 7.24. The van der Waals surface area contributed by atoms with E-state index < -0.39 is 11.7 Å². The summed E-state index contributed by atoms with van der Waals surface area (Å²) in [4.78, 5) is 16.8. The van der Waals surface area contributed by atoms with Crippen LogP contribution in [0.3, 0.4) is 0 Å². The third-order valence-electron chi connectivity index (χ3n) is 3.88. The second-order valence-electron chi connectivity index (χ2n) is 6.13. The van der Waals surface area contributed by atoms with Gasteiger partial charge in [-0.2, -0.15) is 13.2 Å². The molecule has 0 radical (unpaired) electrons. The number of amides is 1. The summed E-state index contributed by atoms with van der Waals surface area (Å²) in [5.41, 5.74) is 0.104. The molecule has 1 saturated carbocycles. The number of halogens is 4. The van der Waals surface area contributed by atoms with Gasteiger partial charge >= 0.3 is 6.18 Å². The summed E-state index contributed by atoms with van der Waals surface area (Å²) in [7, 11) is 0. The number of hydrogen-bond acceptors (Lipinski definition) is 4. The lowest BCUT2D eigenvalue weighted by molar-refractivity contribution is -0.137. The lowest BCUT2D eigenvalue weighted by Crippen LogP contribution is -2.29. The van der Waals surface area contributed by atoms with Crippen molar-refractivity contribution in [2.75, 3.05) is 18.4 Å². The van der Waals surface area contributed by atoms with Gasteiger partial charge in [0, 0.05) is 17.5 Å². The van der Waals surface area contributed by atoms with Crippen molar-refractivity contribution in [1.29, 1.82) is 0 Å². The zero-order valence-electron chi connectivity index (χ0n) is 13.8. The first-order valence-electron chi connectivity index (χ1n) is 8.01. The van der Waals surface area contributed by atoms with Gasteiger partial charge in [-0.3, -0.25) is 4.79 Å². The largest absolute Gasteiger partial charge is 0.416 e. The number of carbonyl (C=O) groups excluding carboxylic acids is 1. The first-order valence-corrected chi connectivity index (χ1v) is 8.83. The number of carbonyl (C=O) groups is 1. The van der Waals surface area contributed by atoms with E-state index in [0.29, 0.717) is 17.5 Å². The van der Waals surface area contributed by atoms with Crippen molar-refractivity contribution in [3.8, 4) is 0 Å². The Kier molecular flexibility index (Phi) is 7.02. The highest BCUT2D eigenvalue weighted by molar-refractivity contribution is 7.15. The van der Waals surface area contributed by atoms with Crippen LogP contribution >= 0.6 is 23.7 Å². The average Bonchev–Trinajstić information content (AvgIpc) is 3.27. The summed E-state index contributed by atoms with van der Waals surface area (Å²) in [6.45, 7) is 1.12. The first-order chi connectivity index (χ1) is 11.9. The third-order valence-corrected chi connectivity index (χ3v) is 4.79. The van der Waals surface area contributed by atoms with Crippen LogP contribution in [-0.4, -0.2) is 24.0 Å². The van der Waals surface area contributed by atoms with Crippen molar-refractivity contribution < 1.29 is 18.0 Å². The maximum atomic E-state index is 12.6. The number of nitrogens with zero attached hydrogens (tertiary/aromatic N) is 1. The van der Waals surface area contributed by atoms with E-state index in [1.165, 1.54) is 36.3 Å². The van der Waals surface area contributed by atoms with Gasteiger partial charge in [-0.15, -0.1) is 23.7 Å². The van der Waals surface area contributed by atoms with Crippen LogP contribution in [0.4, 0.5) is 18.3 Å². The van der Waals surface area contributed by atoms with Crippen LogP contribution in [0.2, 0.25) is 0 Å². The molecule has 1 aliphatic rings. The molecule has 0 spiro atoms. The summed E-state index contributed by atoms with van der Waals surface area (Å²) in [5.74, 6) is 0.569. The second kappa shape index (κ2) is 8.83. The minimum Gasteiger partial charge on any atom is -0.308 e. The number of rotatable bonds is 7. The van der Waals surface area contributed by atoms with Crippen LogP contribution in [-0.2, 0) is 17.4 Å². The lowest BCUT2D eigenvalue weighted by atomic mass is 10.1. The Bertz CT molecular complexity index is 730. The van der Waals surface area contributed by atoms with E-state index in [9.17, 15) is 18.0 Å². The number of nitrogens with one attached hydrogen (secondary N) is 2. The van der Waals surface area contributed by atoms with Gasteiger partial charge in [-0.1, -0.05) is 12.1 Å². The fourth-order valence-corrected chi connectivity index (χ4v) is 3.20. The van der Waals surface area contributed by atoms with Crippen molar-refractivity contribution in [1.82, 2.24) is 10.3 Å². The zero-order valence-corrected chi connectivity index (χ0v) is 15.4. The van der Waals surface area contributed by atoms with Crippen molar-refractivity contribution >= 4 is 34.8 Å². The number of benzene rings is 1. The normalized spacial score (nSPS) is 14.0. The molecule has 0 atom stereocenters. The van der Waals surface area contributed by atoms with E-state index in [4.69, 9.17) is 0 Å². The molecule has 0 saturated heterocycles. The topological polar surface area (TPSA) is 54.0 Å². The van der Waals surface area contributed by atoms with Crippen LogP contribution in [0, 0.1) is 5.92 Å². The molecule has 1 amide bonds. The van der Waals surface area contributed by atoms with E-state index in [-0.39, 0.29) is 24.9 Å². The molecular formula is C17H19ClF3N3OS. The number of aromatic nitrogens is 1. The Hall–Kier alpha value is -1.64. The third kappa shape index (κ3) is 6.26. The van der Waals surface area contributed by atoms with Crippen molar-refractivity contribution in [3.63, 3.8) is 0 Å². The molecule has 1 heterocycles. The molecule has 9 heteroatoms. The molecule has 26 heavy (non-hydrogen) atoms. The molecule has 1 aromatic heterocycles. The number of anilines is 1. The molecule has 1 aliphatic carbocycles. The summed E-state index contributed by atoms with van der Waals surface area (Å²) in [6, 6.07) is 5.07. The molecule has 1 fully saturated rings. The highest BCUT2D eigenvalue weighted by atomic mass is 35.5. The van der Waals surface area contributed by atoms with Crippen LogP contribution in [0.5, 0.6) is 0 Å². The van der Waals surface area contributed by atoms with Crippen molar-refractivity contribution in [3.05, 3.63) is 46.5 Å². The molecule has 0 bridgehead atoms. The van der Waals surface area contributed by atoms with Crippen LogP contribution in [0.1, 0.15) is 28.8 Å². The molecule has 142 valence electrons. The van der Waals surface area contributed by atoms with E-state index >= 15 is 0 Å². The van der Waals surface area contributed by atoms with Crippen molar-refractivity contribution in [2.45, 2.75) is 25.4 Å². The van der Waals surface area contributed by atoms with Gasteiger partial charge in [-0.25, -0.2) is 4.98 Å². The van der Waals surface area contributed by atoms with Crippen molar-refractivity contribution in [2.24, 2.45) is 5.92 Å². The summed E-state index contributed by atoms with van der Waals surface area (Å²) in [5, 5.41) is 6.33. The van der Waals surface area contributed by atoms with E-state index in [1.54, 1.807) is 6.20 Å². The fraction of sp³-hybridized carbons (Fsp3) is 0.412. The monoisotopic (exact) mass is 405 g/mol. The molecule has 0 unspecified atom stereocenters. The Morgan fingerprint density at radius 1 is 1.23 bits per heavy atom. The average molecular weight is 406 g/mol. The summed E-state index contributed by atoms with van der Waals surface area (Å²) in [6.07, 6.45) is 0.248. The van der Waals surface area contributed by atoms with Crippen LogP contribution in [0.15, 0.2) is 30.5 Å². The van der Waals surface area contributed by atoms with E-state index in [1.807, 2.05) is 0 Å². The summed E-state index contributed by atoms with van der Waals surface area (Å²) < 4.78 is 37.7. The highest BCUT2D eigenvalue weighted by Crippen LogP contribution is 2.30. The zero-order chi connectivity index (χ0) is 17.9. The van der Waals surface area contributed by atoms with Gasteiger partial charge in [0.1, 0.15) is 0 Å². The van der Waals surface area contributed by atoms with Crippen LogP contribution < -0.4 is 10.6 Å². The Morgan fingerprint density at radius 2 is 1.92 bits per heavy atom. The maximum Gasteiger partial charge on any atom is 0.416 e. The van der Waals surface area contributed by atoms with Gasteiger partial charge in [0.15, 0.2) is 5.13 Å². The number of alkyl halides is 3. The smallest absolute Gasteiger partial charge is 0.308 e. The van der Waals surface area contributed by atoms with E-state index in [2.05, 4.69) is 15.6 Å². The molecule has 2 aromatic rings. The highest BCUT2D eigenvalue weighted by Gasteiger charge is 2.29. The van der Waals surface area contributed by atoms with Gasteiger partial charge in [0.25, 0.3) is 0 Å². The fourth-order valence-electron chi connectivity index (χ4n) is 2.34. The Labute approximate surface area is 159 Å². The predicted octanol–water partition coefficient (Wildman–Crippen LogP) is 4.11. The predicted molar refractivity (Wildman–Crippen MR) is 97.8 cm³/mol.